The van der Waals surface area contributed by atoms with Crippen LogP contribution in [-0.2, 0) is 16.1 Å². The van der Waals surface area contributed by atoms with Gasteiger partial charge in [0.1, 0.15) is 30.8 Å². The van der Waals surface area contributed by atoms with Crippen molar-refractivity contribution in [3.05, 3.63) is 76.6 Å². The molecule has 1 fully saturated rings. The smallest absolute Gasteiger partial charge is 0.304 e. The van der Waals surface area contributed by atoms with Gasteiger partial charge in [-0.1, -0.05) is 18.2 Å². The maximum atomic E-state index is 14.8. The van der Waals surface area contributed by atoms with E-state index in [2.05, 4.69) is 0 Å². The van der Waals surface area contributed by atoms with Crippen LogP contribution in [-0.4, -0.2) is 59.4 Å². The van der Waals surface area contributed by atoms with Crippen LogP contribution < -0.4 is 14.2 Å². The molecule has 0 aliphatic carbocycles. The molecule has 2 aliphatic heterocycles. The predicted octanol–water partition coefficient (Wildman–Crippen LogP) is 4.53. The van der Waals surface area contributed by atoms with Crippen molar-refractivity contribution in [3.8, 4) is 28.4 Å². The number of benzene rings is 3. The highest BCUT2D eigenvalue weighted by Crippen LogP contribution is 2.40. The molecule has 4 atom stereocenters. The Kier molecular flexibility index (Phi) is 8.25. The lowest BCUT2D eigenvalue weighted by molar-refractivity contribution is -0.137. The molecule has 5 rings (SSSR count). The van der Waals surface area contributed by atoms with Crippen molar-refractivity contribution in [1.29, 1.82) is 0 Å². The van der Waals surface area contributed by atoms with Crippen LogP contribution in [0, 0.1) is 19.7 Å². The minimum absolute atomic E-state index is 0.0537. The van der Waals surface area contributed by atoms with Crippen LogP contribution in [0.2, 0.25) is 0 Å². The fraction of sp³-hybridized carbons (Fsp3) is 0.387. The molecule has 0 radical (unpaired) electrons. The maximum absolute atomic E-state index is 14.8. The van der Waals surface area contributed by atoms with Gasteiger partial charge in [-0.25, -0.2) is 4.39 Å². The van der Waals surface area contributed by atoms with Gasteiger partial charge in [-0.15, -0.1) is 0 Å². The highest BCUT2D eigenvalue weighted by atomic mass is 19.1. The molecule has 9 heteroatoms. The monoisotopic (exact) mass is 552 g/mol. The van der Waals surface area contributed by atoms with Crippen molar-refractivity contribution in [2.45, 2.75) is 57.5 Å². The Morgan fingerprint density at radius 2 is 1.80 bits per heavy atom. The summed E-state index contributed by atoms with van der Waals surface area (Å²) in [5.74, 6) is -0.680. The lowest BCUT2D eigenvalue weighted by atomic mass is 9.94. The topological polar surface area (TPSA) is 115 Å². The molecule has 0 aromatic heterocycles. The standard InChI is InChI=1S/C31H33FO8/c1-17-6-22(37-15-23-10-26(33)27(34)16-38-23)7-18(2)31(17)20-5-3-4-19(8-20)13-39-29-12-28-24(11-25(29)32)21(14-40-28)9-30(35)36/h3-8,11-12,21,23,26-27,33-34H,9-10,13-16H2,1-2H3,(H,35,36). The quantitative estimate of drug-likeness (QED) is 0.355. The first kappa shape index (κ1) is 27.9. The van der Waals surface area contributed by atoms with Crippen LogP contribution in [0.15, 0.2) is 48.5 Å². The predicted molar refractivity (Wildman–Crippen MR) is 144 cm³/mol. The molecule has 40 heavy (non-hydrogen) atoms. The molecule has 3 aromatic rings. The van der Waals surface area contributed by atoms with Gasteiger partial charge in [-0.2, -0.15) is 0 Å². The molecule has 2 heterocycles. The number of aliphatic hydroxyl groups excluding tert-OH is 2. The number of carbonyl (C=O) groups is 1. The van der Waals surface area contributed by atoms with Gasteiger partial charge >= 0.3 is 5.97 Å². The van der Waals surface area contributed by atoms with Crippen LogP contribution in [0.1, 0.15) is 41.0 Å². The second kappa shape index (κ2) is 11.8. The van der Waals surface area contributed by atoms with Gasteiger partial charge in [0.25, 0.3) is 0 Å². The van der Waals surface area contributed by atoms with Crippen molar-refractivity contribution in [2.24, 2.45) is 0 Å². The molecule has 0 amide bonds. The summed E-state index contributed by atoms with van der Waals surface area (Å²) in [4.78, 5) is 11.1. The average molecular weight is 553 g/mol. The summed E-state index contributed by atoms with van der Waals surface area (Å²) in [5.41, 5.74) is 5.50. The zero-order valence-electron chi connectivity index (χ0n) is 22.4. The van der Waals surface area contributed by atoms with Crippen molar-refractivity contribution in [2.75, 3.05) is 19.8 Å². The second-order valence-corrected chi connectivity index (χ2v) is 10.5. The number of hydrogen-bond acceptors (Lipinski definition) is 7. The number of aliphatic hydroxyl groups is 2. The van der Waals surface area contributed by atoms with Crippen molar-refractivity contribution < 1.29 is 43.5 Å². The second-order valence-electron chi connectivity index (χ2n) is 10.5. The first-order valence-corrected chi connectivity index (χ1v) is 13.3. The lowest BCUT2D eigenvalue weighted by Gasteiger charge is -2.30. The molecule has 0 saturated carbocycles. The first-order valence-electron chi connectivity index (χ1n) is 13.3. The fourth-order valence-electron chi connectivity index (χ4n) is 5.35. The molecule has 4 unspecified atom stereocenters. The van der Waals surface area contributed by atoms with Gasteiger partial charge in [0.2, 0.25) is 0 Å². The van der Waals surface area contributed by atoms with Gasteiger partial charge in [0, 0.05) is 24.0 Å². The van der Waals surface area contributed by atoms with Crippen LogP contribution in [0.4, 0.5) is 4.39 Å². The van der Waals surface area contributed by atoms with E-state index in [1.165, 1.54) is 12.1 Å². The third-order valence-corrected chi connectivity index (χ3v) is 7.37. The first-order chi connectivity index (χ1) is 19.2. The van der Waals surface area contributed by atoms with E-state index in [0.717, 1.165) is 27.8 Å². The van der Waals surface area contributed by atoms with Gasteiger partial charge in [0.15, 0.2) is 11.6 Å². The highest BCUT2D eigenvalue weighted by Gasteiger charge is 2.29. The Bertz CT molecular complexity index is 1370. The van der Waals surface area contributed by atoms with Crippen LogP contribution in [0.5, 0.6) is 17.2 Å². The molecular formula is C31H33FO8. The molecular weight excluding hydrogens is 519 g/mol. The number of rotatable bonds is 9. The molecule has 0 spiro atoms. The summed E-state index contributed by atoms with van der Waals surface area (Å²) in [5, 5.41) is 28.6. The van der Waals surface area contributed by atoms with E-state index in [4.69, 9.17) is 24.1 Å². The van der Waals surface area contributed by atoms with Gasteiger partial charge in [-0.3, -0.25) is 4.79 Å². The van der Waals surface area contributed by atoms with E-state index >= 15 is 0 Å². The molecule has 3 aromatic carbocycles. The van der Waals surface area contributed by atoms with E-state index in [1.807, 2.05) is 50.2 Å². The van der Waals surface area contributed by atoms with Crippen molar-refractivity contribution in [3.63, 3.8) is 0 Å². The van der Waals surface area contributed by atoms with Crippen molar-refractivity contribution in [1.82, 2.24) is 0 Å². The number of halogens is 1. The third-order valence-electron chi connectivity index (χ3n) is 7.37. The Hall–Kier alpha value is -3.66. The highest BCUT2D eigenvalue weighted by molar-refractivity contribution is 5.72. The van der Waals surface area contributed by atoms with Crippen LogP contribution in [0.25, 0.3) is 11.1 Å². The SMILES string of the molecule is Cc1cc(OCC2CC(O)C(O)CO2)cc(C)c1-c1cccc(COc2cc3c(cc2F)C(CC(=O)O)CO3)c1. The summed E-state index contributed by atoms with van der Waals surface area (Å²) in [6, 6.07) is 14.6. The van der Waals surface area contributed by atoms with E-state index < -0.39 is 24.0 Å². The summed E-state index contributed by atoms with van der Waals surface area (Å²) in [6.45, 7) is 4.73. The van der Waals surface area contributed by atoms with E-state index in [-0.39, 0.29) is 50.6 Å². The molecule has 3 N–H and O–H groups in total. The summed E-state index contributed by atoms with van der Waals surface area (Å²) in [7, 11) is 0. The van der Waals surface area contributed by atoms with Crippen molar-refractivity contribution >= 4 is 5.97 Å². The number of ether oxygens (including phenoxy) is 4. The third kappa shape index (κ3) is 6.22. The minimum atomic E-state index is -0.953. The Morgan fingerprint density at radius 3 is 2.52 bits per heavy atom. The number of carboxylic acid groups (broad SMARTS) is 1. The number of fused-ring (bicyclic) bond motifs is 1. The largest absolute Gasteiger partial charge is 0.492 e. The molecule has 1 saturated heterocycles. The summed E-state index contributed by atoms with van der Waals surface area (Å²) in [6.07, 6.45) is -1.76. The molecule has 2 aliphatic rings. The lowest BCUT2D eigenvalue weighted by Crippen LogP contribution is -2.43. The maximum Gasteiger partial charge on any atom is 0.304 e. The Morgan fingerprint density at radius 1 is 1.02 bits per heavy atom. The number of carboxylic acids is 1. The Labute approximate surface area is 231 Å². The zero-order chi connectivity index (χ0) is 28.4. The van der Waals surface area contributed by atoms with E-state index in [9.17, 15) is 19.4 Å². The normalized spacial score (nSPS) is 21.9. The molecule has 8 nitrogen and oxygen atoms in total. The molecule has 0 bridgehead atoms. The van der Waals surface area contributed by atoms with E-state index in [1.54, 1.807) is 0 Å². The van der Waals surface area contributed by atoms with Gasteiger partial charge < -0.3 is 34.3 Å². The minimum Gasteiger partial charge on any atom is -0.492 e. The van der Waals surface area contributed by atoms with Crippen LogP contribution >= 0.6 is 0 Å². The van der Waals surface area contributed by atoms with Gasteiger partial charge in [0.05, 0.1) is 31.8 Å². The number of aliphatic carboxylic acids is 1. The Balaban J connectivity index is 1.25. The summed E-state index contributed by atoms with van der Waals surface area (Å²) < 4.78 is 37.7. The fourth-order valence-corrected chi connectivity index (χ4v) is 5.35. The number of hydrogen-bond donors (Lipinski definition) is 3. The number of aryl methyl sites for hydroxylation is 2. The average Bonchev–Trinajstić information content (AvgIpc) is 3.28. The molecule has 212 valence electrons. The van der Waals surface area contributed by atoms with Gasteiger partial charge in [-0.05, 0) is 65.9 Å². The summed E-state index contributed by atoms with van der Waals surface area (Å²) >= 11 is 0. The zero-order valence-corrected chi connectivity index (χ0v) is 22.4. The van der Waals surface area contributed by atoms with Crippen LogP contribution in [0.3, 0.4) is 0 Å². The van der Waals surface area contributed by atoms with E-state index in [0.29, 0.717) is 23.5 Å².